The number of nitrogens with zero attached hydrogens (tertiary/aromatic N) is 4. The van der Waals surface area contributed by atoms with Crippen LogP contribution in [0.1, 0.15) is 11.1 Å². The summed E-state index contributed by atoms with van der Waals surface area (Å²) in [5.74, 6) is -0.543. The number of hydrogen-bond donors (Lipinski definition) is 1. The maximum Gasteiger partial charge on any atom is 0.273 e. The highest BCUT2D eigenvalue weighted by Crippen LogP contribution is 2.25. The highest BCUT2D eigenvalue weighted by Gasteiger charge is 2.18. The molecule has 1 saturated heterocycles. The molecule has 1 aliphatic heterocycles. The summed E-state index contributed by atoms with van der Waals surface area (Å²) in [6.45, 7) is 2.34. The van der Waals surface area contributed by atoms with Crippen molar-refractivity contribution in [1.82, 2.24) is 5.43 Å². The summed E-state index contributed by atoms with van der Waals surface area (Å²) < 4.78 is 5.33. The van der Waals surface area contributed by atoms with Gasteiger partial charge in [0.15, 0.2) is 0 Å². The molecule has 1 fully saturated rings. The number of nitro groups is 2. The molecular weight excluding hydrogens is 394 g/mol. The number of hydrogen-bond acceptors (Lipinski definition) is 8. The molecule has 0 atom stereocenters. The van der Waals surface area contributed by atoms with Gasteiger partial charge in [0, 0.05) is 48.1 Å². The van der Waals surface area contributed by atoms with E-state index >= 15 is 0 Å². The molecule has 0 radical (unpaired) electrons. The van der Waals surface area contributed by atoms with Gasteiger partial charge in [0.25, 0.3) is 11.4 Å². The van der Waals surface area contributed by atoms with E-state index in [0.717, 1.165) is 5.69 Å². The van der Waals surface area contributed by atoms with Crippen LogP contribution in [-0.2, 0) is 16.0 Å². The monoisotopic (exact) mass is 413 g/mol. The molecule has 0 aliphatic carbocycles. The Kier molecular flexibility index (Phi) is 6.65. The lowest BCUT2D eigenvalue weighted by Gasteiger charge is -2.29. The van der Waals surface area contributed by atoms with Gasteiger partial charge in [-0.05, 0) is 6.07 Å². The fraction of sp³-hybridized carbons (Fsp3) is 0.263. The molecule has 0 unspecified atom stereocenters. The van der Waals surface area contributed by atoms with Crippen LogP contribution in [0.2, 0.25) is 0 Å². The molecule has 1 heterocycles. The number of nitro benzene ring substituents is 2. The third kappa shape index (κ3) is 5.14. The molecule has 1 amide bonds. The smallest absolute Gasteiger partial charge is 0.273 e. The van der Waals surface area contributed by atoms with Gasteiger partial charge in [0.2, 0.25) is 5.91 Å². The Hall–Kier alpha value is -3.86. The zero-order chi connectivity index (χ0) is 21.5. The second kappa shape index (κ2) is 9.56. The van der Waals surface area contributed by atoms with E-state index in [9.17, 15) is 25.0 Å². The lowest BCUT2D eigenvalue weighted by molar-refractivity contribution is -0.385. The number of anilines is 1. The Labute approximate surface area is 171 Å². The van der Waals surface area contributed by atoms with E-state index in [1.165, 1.54) is 36.5 Å². The molecule has 3 rings (SSSR count). The Balaban J connectivity index is 1.74. The van der Waals surface area contributed by atoms with Gasteiger partial charge in [0.05, 0.1) is 35.7 Å². The number of carbonyl (C=O) groups is 1. The summed E-state index contributed by atoms with van der Waals surface area (Å²) in [7, 11) is 0. The van der Waals surface area contributed by atoms with Gasteiger partial charge in [-0.15, -0.1) is 0 Å². The molecule has 2 aromatic rings. The molecule has 11 nitrogen and oxygen atoms in total. The minimum absolute atomic E-state index is 0.0975. The number of non-ortho nitro benzene ring substituents is 1. The van der Waals surface area contributed by atoms with Crippen LogP contribution >= 0.6 is 0 Å². The van der Waals surface area contributed by atoms with Gasteiger partial charge in [0.1, 0.15) is 0 Å². The molecule has 11 heteroatoms. The molecule has 1 N–H and O–H groups in total. The SMILES string of the molecule is O=C(Cc1ccccc1[N+](=O)[O-])NN=Cc1cc([N+](=O)[O-])ccc1N1CCOCC1. The van der Waals surface area contributed by atoms with Crippen LogP contribution in [0.5, 0.6) is 0 Å². The molecule has 30 heavy (non-hydrogen) atoms. The molecule has 2 aromatic carbocycles. The zero-order valence-corrected chi connectivity index (χ0v) is 15.9. The predicted octanol–water partition coefficient (Wildman–Crippen LogP) is 2.03. The number of ether oxygens (including phenoxy) is 1. The second-order valence-electron chi connectivity index (χ2n) is 6.46. The topological polar surface area (TPSA) is 140 Å². The summed E-state index contributed by atoms with van der Waals surface area (Å²) in [6.07, 6.45) is 1.11. The van der Waals surface area contributed by atoms with Crippen molar-refractivity contribution < 1.29 is 19.4 Å². The first-order valence-corrected chi connectivity index (χ1v) is 9.11. The van der Waals surface area contributed by atoms with Crippen LogP contribution in [0.3, 0.4) is 0 Å². The summed E-state index contributed by atoms with van der Waals surface area (Å²) in [4.78, 5) is 35.3. The normalized spacial score (nSPS) is 13.9. The number of benzene rings is 2. The van der Waals surface area contributed by atoms with Gasteiger partial charge in [-0.3, -0.25) is 25.0 Å². The van der Waals surface area contributed by atoms with Crippen molar-refractivity contribution in [2.75, 3.05) is 31.2 Å². The van der Waals surface area contributed by atoms with Crippen molar-refractivity contribution in [1.29, 1.82) is 0 Å². The average Bonchev–Trinajstić information content (AvgIpc) is 2.74. The number of amides is 1. The lowest BCUT2D eigenvalue weighted by atomic mass is 10.1. The van der Waals surface area contributed by atoms with Gasteiger partial charge in [-0.2, -0.15) is 5.10 Å². The van der Waals surface area contributed by atoms with E-state index in [4.69, 9.17) is 4.74 Å². The van der Waals surface area contributed by atoms with E-state index in [1.54, 1.807) is 12.1 Å². The standard InChI is InChI=1S/C19H19N5O6/c25-19(12-14-3-1-2-4-18(14)24(28)29)21-20-13-15-11-16(23(26)27)5-6-17(15)22-7-9-30-10-8-22/h1-6,11,13H,7-10,12H2,(H,21,25). The fourth-order valence-electron chi connectivity index (χ4n) is 3.08. The molecule has 156 valence electrons. The first-order chi connectivity index (χ1) is 14.5. The predicted molar refractivity (Wildman–Crippen MR) is 109 cm³/mol. The Bertz CT molecular complexity index is 987. The molecular formula is C19H19N5O6. The van der Waals surface area contributed by atoms with Crippen molar-refractivity contribution in [3.8, 4) is 0 Å². The van der Waals surface area contributed by atoms with Crippen LogP contribution < -0.4 is 10.3 Å². The van der Waals surface area contributed by atoms with E-state index in [2.05, 4.69) is 10.5 Å². The minimum atomic E-state index is -0.552. The minimum Gasteiger partial charge on any atom is -0.378 e. The number of carbonyl (C=O) groups excluding carboxylic acids is 1. The zero-order valence-electron chi connectivity index (χ0n) is 15.9. The summed E-state index contributed by atoms with van der Waals surface area (Å²) in [6, 6.07) is 10.4. The quantitative estimate of drug-likeness (QED) is 0.416. The van der Waals surface area contributed by atoms with Crippen molar-refractivity contribution in [3.63, 3.8) is 0 Å². The van der Waals surface area contributed by atoms with E-state index in [0.29, 0.717) is 31.9 Å². The van der Waals surface area contributed by atoms with E-state index < -0.39 is 15.8 Å². The summed E-state index contributed by atoms with van der Waals surface area (Å²) in [5.41, 5.74) is 3.54. The largest absolute Gasteiger partial charge is 0.378 e. The molecule has 1 aliphatic rings. The van der Waals surface area contributed by atoms with Gasteiger partial charge < -0.3 is 9.64 Å². The maximum absolute atomic E-state index is 12.2. The molecule has 0 spiro atoms. The van der Waals surface area contributed by atoms with Crippen molar-refractivity contribution in [2.24, 2.45) is 5.10 Å². The van der Waals surface area contributed by atoms with Crippen molar-refractivity contribution in [2.45, 2.75) is 6.42 Å². The molecule has 0 bridgehead atoms. The highest BCUT2D eigenvalue weighted by molar-refractivity contribution is 5.90. The van der Waals surface area contributed by atoms with Crippen LogP contribution in [0.15, 0.2) is 47.6 Å². The Morgan fingerprint density at radius 1 is 1.13 bits per heavy atom. The third-order valence-corrected chi connectivity index (χ3v) is 4.51. The molecule has 0 aromatic heterocycles. The van der Waals surface area contributed by atoms with E-state index in [1.807, 2.05) is 4.90 Å². The number of nitrogens with one attached hydrogen (secondary N) is 1. The number of rotatable bonds is 7. The van der Waals surface area contributed by atoms with Crippen LogP contribution in [0, 0.1) is 20.2 Å². The summed E-state index contributed by atoms with van der Waals surface area (Å²) in [5, 5.41) is 26.1. The Morgan fingerprint density at radius 3 is 2.57 bits per heavy atom. The average molecular weight is 413 g/mol. The highest BCUT2D eigenvalue weighted by atomic mass is 16.6. The molecule has 0 saturated carbocycles. The lowest BCUT2D eigenvalue weighted by Crippen LogP contribution is -2.36. The Morgan fingerprint density at radius 2 is 1.87 bits per heavy atom. The first kappa shape index (κ1) is 20.9. The van der Waals surface area contributed by atoms with Crippen LogP contribution in [0.25, 0.3) is 0 Å². The van der Waals surface area contributed by atoms with Crippen LogP contribution in [0.4, 0.5) is 17.1 Å². The second-order valence-corrected chi connectivity index (χ2v) is 6.46. The van der Waals surface area contributed by atoms with Crippen molar-refractivity contribution in [3.05, 3.63) is 73.8 Å². The van der Waals surface area contributed by atoms with Gasteiger partial charge >= 0.3 is 0 Å². The first-order valence-electron chi connectivity index (χ1n) is 9.11. The van der Waals surface area contributed by atoms with Crippen molar-refractivity contribution >= 4 is 29.2 Å². The number of para-hydroxylation sites is 1. The van der Waals surface area contributed by atoms with Gasteiger partial charge in [-0.1, -0.05) is 18.2 Å². The van der Waals surface area contributed by atoms with Gasteiger partial charge in [-0.25, -0.2) is 5.43 Å². The van der Waals surface area contributed by atoms with E-state index in [-0.39, 0.29) is 23.4 Å². The number of morpholine rings is 1. The third-order valence-electron chi connectivity index (χ3n) is 4.51. The van der Waals surface area contributed by atoms with Crippen LogP contribution in [-0.4, -0.2) is 48.3 Å². The summed E-state index contributed by atoms with van der Waals surface area (Å²) >= 11 is 0. The maximum atomic E-state index is 12.2. The fourth-order valence-corrected chi connectivity index (χ4v) is 3.08. The number of hydrazone groups is 1.